The Morgan fingerprint density at radius 2 is 1.65 bits per heavy atom. The number of sulfonamides is 1. The van der Waals surface area contributed by atoms with Crippen molar-refractivity contribution in [2.75, 3.05) is 24.0 Å². The first-order valence-corrected chi connectivity index (χ1v) is 13.0. The standard InChI is InChI=1S/C25H26Cl2N2O4S/c1-2-33-24-12-6-5-11-23(24)29(34(31,32)21-15-13-20(26)14-16-21)18-25(30)28-17-7-9-19-8-3-4-10-22(19)27/h3-6,8,10-16H,2,7,9,17-18H2,1H3,(H,28,30). The van der Waals surface area contributed by atoms with Gasteiger partial charge in [-0.1, -0.05) is 53.5 Å². The Kier molecular flexibility index (Phi) is 9.21. The van der Waals surface area contributed by atoms with Crippen molar-refractivity contribution in [3.63, 3.8) is 0 Å². The monoisotopic (exact) mass is 520 g/mol. The average Bonchev–Trinajstić information content (AvgIpc) is 2.82. The Hall–Kier alpha value is -2.74. The maximum absolute atomic E-state index is 13.5. The summed E-state index contributed by atoms with van der Waals surface area (Å²) in [5.74, 6) is -0.0583. The van der Waals surface area contributed by atoms with Crippen LogP contribution in [-0.2, 0) is 21.2 Å². The molecule has 0 aliphatic heterocycles. The number of carbonyl (C=O) groups is 1. The van der Waals surface area contributed by atoms with Crippen LogP contribution in [0.4, 0.5) is 5.69 Å². The number of benzene rings is 3. The van der Waals surface area contributed by atoms with Crippen LogP contribution in [-0.4, -0.2) is 34.0 Å². The predicted octanol–water partition coefficient (Wildman–Crippen LogP) is 5.34. The summed E-state index contributed by atoms with van der Waals surface area (Å²) in [6, 6.07) is 20.1. The molecule has 0 saturated carbocycles. The third kappa shape index (κ3) is 6.65. The minimum Gasteiger partial charge on any atom is -0.492 e. The van der Waals surface area contributed by atoms with Crippen molar-refractivity contribution in [1.29, 1.82) is 0 Å². The van der Waals surface area contributed by atoms with E-state index in [1.165, 1.54) is 24.3 Å². The van der Waals surface area contributed by atoms with Gasteiger partial charge in [0.15, 0.2) is 0 Å². The minimum atomic E-state index is -4.07. The molecular weight excluding hydrogens is 495 g/mol. The lowest BCUT2D eigenvalue weighted by Crippen LogP contribution is -2.41. The summed E-state index contributed by atoms with van der Waals surface area (Å²) in [5, 5.41) is 3.90. The predicted molar refractivity (Wildman–Crippen MR) is 136 cm³/mol. The van der Waals surface area contributed by atoms with Gasteiger partial charge in [-0.3, -0.25) is 9.10 Å². The van der Waals surface area contributed by atoms with Crippen LogP contribution in [0.25, 0.3) is 0 Å². The molecule has 6 nitrogen and oxygen atoms in total. The van der Waals surface area contributed by atoms with Crippen LogP contribution < -0.4 is 14.4 Å². The normalized spacial score (nSPS) is 11.1. The second-order valence-electron chi connectivity index (χ2n) is 7.41. The number of hydrogen-bond donors (Lipinski definition) is 1. The number of para-hydroxylation sites is 2. The average molecular weight is 521 g/mol. The molecule has 0 atom stereocenters. The first kappa shape index (κ1) is 25.9. The molecule has 0 radical (unpaired) electrons. The Morgan fingerprint density at radius 3 is 2.35 bits per heavy atom. The molecule has 0 saturated heterocycles. The topological polar surface area (TPSA) is 75.7 Å². The van der Waals surface area contributed by atoms with E-state index < -0.39 is 22.5 Å². The second-order valence-corrected chi connectivity index (χ2v) is 10.1. The summed E-state index contributed by atoms with van der Waals surface area (Å²) >= 11 is 12.1. The fourth-order valence-electron chi connectivity index (χ4n) is 3.37. The van der Waals surface area contributed by atoms with Crippen molar-refractivity contribution in [3.05, 3.63) is 88.4 Å². The van der Waals surface area contributed by atoms with Crippen LogP contribution in [0.2, 0.25) is 10.0 Å². The van der Waals surface area contributed by atoms with E-state index in [0.29, 0.717) is 41.8 Å². The van der Waals surface area contributed by atoms with Crippen LogP contribution in [0.1, 0.15) is 18.9 Å². The van der Waals surface area contributed by atoms with Crippen LogP contribution in [0.15, 0.2) is 77.7 Å². The lowest BCUT2D eigenvalue weighted by Gasteiger charge is -2.26. The molecule has 3 aromatic carbocycles. The summed E-state index contributed by atoms with van der Waals surface area (Å²) in [6.07, 6.45) is 1.36. The van der Waals surface area contributed by atoms with Crippen molar-refractivity contribution >= 4 is 44.8 Å². The molecule has 34 heavy (non-hydrogen) atoms. The number of anilines is 1. The van der Waals surface area contributed by atoms with Crippen LogP contribution in [0, 0.1) is 0 Å². The first-order chi connectivity index (χ1) is 16.3. The van der Waals surface area contributed by atoms with Gasteiger partial charge in [0, 0.05) is 16.6 Å². The summed E-state index contributed by atoms with van der Waals surface area (Å²) < 4.78 is 33.7. The molecule has 0 fully saturated rings. The van der Waals surface area contributed by atoms with Crippen LogP contribution in [0.3, 0.4) is 0 Å². The molecule has 0 spiro atoms. The van der Waals surface area contributed by atoms with Gasteiger partial charge in [0.1, 0.15) is 12.3 Å². The van der Waals surface area contributed by atoms with E-state index in [1.807, 2.05) is 24.3 Å². The number of amides is 1. The van der Waals surface area contributed by atoms with Crippen LogP contribution in [0.5, 0.6) is 5.75 Å². The maximum Gasteiger partial charge on any atom is 0.264 e. The number of nitrogens with zero attached hydrogens (tertiary/aromatic N) is 1. The van der Waals surface area contributed by atoms with Gasteiger partial charge in [0.25, 0.3) is 10.0 Å². The SMILES string of the molecule is CCOc1ccccc1N(CC(=O)NCCCc1ccccc1Cl)S(=O)(=O)c1ccc(Cl)cc1. The number of ether oxygens (including phenoxy) is 1. The van der Waals surface area contributed by atoms with Crippen LogP contribution >= 0.6 is 23.2 Å². The molecule has 0 aliphatic carbocycles. The first-order valence-electron chi connectivity index (χ1n) is 10.8. The fraction of sp³-hybridized carbons (Fsp3) is 0.240. The van der Waals surface area contributed by atoms with E-state index in [0.717, 1.165) is 9.87 Å². The van der Waals surface area contributed by atoms with Crippen molar-refractivity contribution < 1.29 is 17.9 Å². The fourth-order valence-corrected chi connectivity index (χ4v) is 5.16. The number of halogens is 2. The molecular formula is C25H26Cl2N2O4S. The van der Waals surface area contributed by atoms with Gasteiger partial charge in [0.2, 0.25) is 5.91 Å². The second kappa shape index (κ2) is 12.1. The lowest BCUT2D eigenvalue weighted by molar-refractivity contribution is -0.119. The lowest BCUT2D eigenvalue weighted by atomic mass is 10.1. The zero-order valence-electron chi connectivity index (χ0n) is 18.7. The van der Waals surface area contributed by atoms with E-state index in [4.69, 9.17) is 27.9 Å². The zero-order valence-corrected chi connectivity index (χ0v) is 21.0. The number of nitrogens with one attached hydrogen (secondary N) is 1. The van der Waals surface area contributed by atoms with Gasteiger partial charge in [0.05, 0.1) is 17.2 Å². The summed E-state index contributed by atoms with van der Waals surface area (Å²) in [4.78, 5) is 12.8. The van der Waals surface area contributed by atoms with E-state index in [9.17, 15) is 13.2 Å². The highest BCUT2D eigenvalue weighted by Crippen LogP contribution is 2.32. The van der Waals surface area contributed by atoms with Gasteiger partial charge in [-0.2, -0.15) is 0 Å². The Morgan fingerprint density at radius 1 is 0.971 bits per heavy atom. The van der Waals surface area contributed by atoms with Gasteiger partial charge >= 0.3 is 0 Å². The maximum atomic E-state index is 13.5. The Balaban J connectivity index is 1.78. The highest BCUT2D eigenvalue weighted by atomic mass is 35.5. The molecule has 1 amide bonds. The molecule has 1 N–H and O–H groups in total. The molecule has 9 heteroatoms. The highest BCUT2D eigenvalue weighted by molar-refractivity contribution is 7.92. The summed E-state index contributed by atoms with van der Waals surface area (Å²) in [6.45, 7) is 2.13. The molecule has 0 bridgehead atoms. The van der Waals surface area contributed by atoms with Crippen molar-refractivity contribution in [2.24, 2.45) is 0 Å². The zero-order chi connectivity index (χ0) is 24.6. The van der Waals surface area contributed by atoms with Gasteiger partial charge < -0.3 is 10.1 Å². The number of carbonyl (C=O) groups excluding carboxylic acids is 1. The minimum absolute atomic E-state index is 0.0229. The third-order valence-corrected chi connectivity index (χ3v) is 7.42. The van der Waals surface area contributed by atoms with E-state index in [1.54, 1.807) is 31.2 Å². The number of hydrogen-bond acceptors (Lipinski definition) is 4. The Labute approximate surface area is 210 Å². The molecule has 0 aliphatic rings. The molecule has 0 heterocycles. The molecule has 0 aromatic heterocycles. The summed E-state index contributed by atoms with van der Waals surface area (Å²) in [7, 11) is -4.07. The van der Waals surface area contributed by atoms with Gasteiger partial charge in [-0.05, 0) is 67.8 Å². The quantitative estimate of drug-likeness (QED) is 0.346. The highest BCUT2D eigenvalue weighted by Gasteiger charge is 2.29. The van der Waals surface area contributed by atoms with E-state index in [2.05, 4.69) is 5.32 Å². The van der Waals surface area contributed by atoms with Gasteiger partial charge in [-0.15, -0.1) is 0 Å². The van der Waals surface area contributed by atoms with Gasteiger partial charge in [-0.25, -0.2) is 8.42 Å². The molecule has 180 valence electrons. The van der Waals surface area contributed by atoms with E-state index >= 15 is 0 Å². The number of rotatable bonds is 11. The summed E-state index contributed by atoms with van der Waals surface area (Å²) in [5.41, 5.74) is 1.28. The number of aryl methyl sites for hydroxylation is 1. The van der Waals surface area contributed by atoms with Crippen molar-refractivity contribution in [2.45, 2.75) is 24.7 Å². The molecule has 0 unspecified atom stereocenters. The molecule has 3 aromatic rings. The van der Waals surface area contributed by atoms with Crippen molar-refractivity contribution in [3.8, 4) is 5.75 Å². The Bertz CT molecular complexity index is 1220. The molecule has 3 rings (SSSR count). The smallest absolute Gasteiger partial charge is 0.264 e. The van der Waals surface area contributed by atoms with E-state index in [-0.39, 0.29) is 10.6 Å². The third-order valence-electron chi connectivity index (χ3n) is 5.03. The largest absolute Gasteiger partial charge is 0.492 e. The van der Waals surface area contributed by atoms with Crippen molar-refractivity contribution in [1.82, 2.24) is 5.32 Å².